The Morgan fingerprint density at radius 1 is 1.56 bits per heavy atom. The summed E-state index contributed by atoms with van der Waals surface area (Å²) < 4.78 is 6.28. The van der Waals surface area contributed by atoms with E-state index in [1.807, 2.05) is 4.98 Å². The van der Waals surface area contributed by atoms with E-state index in [1.54, 1.807) is 0 Å². The molecule has 8 nitrogen and oxygen atoms in total. The molecule has 0 spiro atoms. The molecule has 0 amide bonds. The Morgan fingerprint density at radius 3 is 2.83 bits per heavy atom. The van der Waals surface area contributed by atoms with Crippen molar-refractivity contribution in [3.8, 4) is 0 Å². The first-order valence-corrected chi connectivity index (χ1v) is 5.21. The molecule has 2 heterocycles. The molecule has 0 unspecified atom stereocenters. The average molecular weight is 253 g/mol. The smallest absolute Gasteiger partial charge is 0.330 e. The summed E-state index contributed by atoms with van der Waals surface area (Å²) in [6.07, 6.45) is -1.94. The Balaban J connectivity index is 2.41. The number of H-pyrrole nitrogens is 1. The molecule has 0 saturated carbocycles. The van der Waals surface area contributed by atoms with E-state index in [0.717, 1.165) is 10.6 Å². The quantitative estimate of drug-likeness (QED) is 0.520. The Labute approximate surface area is 101 Å². The molecule has 1 aromatic heterocycles. The minimum atomic E-state index is -1.18. The summed E-state index contributed by atoms with van der Waals surface area (Å²) in [5.41, 5.74) is -1.29. The van der Waals surface area contributed by atoms with E-state index < -0.39 is 42.3 Å². The van der Waals surface area contributed by atoms with Crippen molar-refractivity contribution < 1.29 is 14.9 Å². The van der Waals surface area contributed by atoms with Crippen LogP contribution in [0.3, 0.4) is 0 Å². The number of nitrogens with one attached hydrogen (secondary N) is 1. The molecule has 96 valence electrons. The molecular formula is C10H11N3O5. The topological polar surface area (TPSA) is 117 Å². The van der Waals surface area contributed by atoms with E-state index in [1.165, 1.54) is 6.20 Å². The van der Waals surface area contributed by atoms with Gasteiger partial charge in [-0.05, 0) is 0 Å². The van der Waals surface area contributed by atoms with Crippen LogP contribution in [0.25, 0.3) is 0 Å². The summed E-state index contributed by atoms with van der Waals surface area (Å²) in [5.74, 6) is 0. The second-order valence-corrected chi connectivity index (χ2v) is 3.88. The fourth-order valence-corrected chi connectivity index (χ4v) is 1.88. The highest BCUT2D eigenvalue weighted by molar-refractivity contribution is 5.25. The number of hydrogen-bond acceptors (Lipinski definition) is 6. The third-order valence-corrected chi connectivity index (χ3v) is 2.79. The number of aromatic nitrogens is 2. The van der Waals surface area contributed by atoms with Gasteiger partial charge >= 0.3 is 5.69 Å². The molecule has 4 atom stereocenters. The fraction of sp³-hybridized carbons (Fsp3) is 0.500. The van der Waals surface area contributed by atoms with Gasteiger partial charge in [-0.3, -0.25) is 19.3 Å². The molecule has 1 fully saturated rings. The summed E-state index contributed by atoms with van der Waals surface area (Å²) in [6, 6.07) is 0.107. The van der Waals surface area contributed by atoms with Crippen LogP contribution in [0.1, 0.15) is 6.23 Å². The molecule has 8 heteroatoms. The highest BCUT2D eigenvalue weighted by Gasteiger charge is 2.44. The van der Waals surface area contributed by atoms with Gasteiger partial charge in [0.15, 0.2) is 6.23 Å². The molecule has 0 aromatic carbocycles. The van der Waals surface area contributed by atoms with Gasteiger partial charge in [0, 0.05) is 12.3 Å². The second kappa shape index (κ2) is 4.84. The maximum Gasteiger partial charge on any atom is 0.330 e. The lowest BCUT2D eigenvalue weighted by molar-refractivity contribution is -0.0464. The average Bonchev–Trinajstić information content (AvgIpc) is 2.65. The maximum atomic E-state index is 11.6. The van der Waals surface area contributed by atoms with Gasteiger partial charge in [0.25, 0.3) is 5.56 Å². The van der Waals surface area contributed by atoms with E-state index >= 15 is 0 Å². The van der Waals surface area contributed by atoms with Gasteiger partial charge in [-0.1, -0.05) is 0 Å². The lowest BCUT2D eigenvalue weighted by Gasteiger charge is -2.17. The van der Waals surface area contributed by atoms with Crippen molar-refractivity contribution in [2.45, 2.75) is 24.5 Å². The summed E-state index contributed by atoms with van der Waals surface area (Å²) in [5, 5.41) is 18.7. The van der Waals surface area contributed by atoms with Crippen molar-refractivity contribution in [2.75, 3.05) is 6.61 Å². The van der Waals surface area contributed by atoms with E-state index in [0.29, 0.717) is 0 Å². The van der Waals surface area contributed by atoms with Crippen molar-refractivity contribution in [1.82, 2.24) is 9.55 Å². The monoisotopic (exact) mass is 253 g/mol. The van der Waals surface area contributed by atoms with Crippen molar-refractivity contribution >= 4 is 6.72 Å². The Bertz CT molecular complexity index is 551. The number of aliphatic imine (C=N–C) groups is 1. The number of aliphatic hydroxyl groups is 2. The van der Waals surface area contributed by atoms with Crippen molar-refractivity contribution in [3.63, 3.8) is 0 Å². The number of rotatable bonds is 3. The van der Waals surface area contributed by atoms with E-state index in [9.17, 15) is 14.7 Å². The van der Waals surface area contributed by atoms with E-state index in [-0.39, 0.29) is 0 Å². The van der Waals surface area contributed by atoms with Crippen LogP contribution in [0.4, 0.5) is 0 Å². The predicted octanol–water partition coefficient (Wildman–Crippen LogP) is -2.39. The summed E-state index contributed by atoms with van der Waals surface area (Å²) >= 11 is 0. The van der Waals surface area contributed by atoms with Crippen LogP contribution in [0.2, 0.25) is 0 Å². The molecule has 1 aromatic rings. The molecular weight excluding hydrogens is 242 g/mol. The SMILES string of the molecule is [C]=N[C@@H]1[C@H](O)[C@@H](CO)O[C@H]1n1ccc(=O)[nH]c1=O. The zero-order chi connectivity index (χ0) is 13.3. The molecule has 2 radical (unpaired) electrons. The maximum absolute atomic E-state index is 11.6. The molecule has 18 heavy (non-hydrogen) atoms. The minimum Gasteiger partial charge on any atom is -0.394 e. The van der Waals surface area contributed by atoms with Crippen LogP contribution >= 0.6 is 0 Å². The van der Waals surface area contributed by atoms with E-state index in [4.69, 9.17) is 16.6 Å². The largest absolute Gasteiger partial charge is 0.394 e. The Kier molecular flexibility index (Phi) is 3.41. The zero-order valence-electron chi connectivity index (χ0n) is 9.18. The van der Waals surface area contributed by atoms with Crippen LogP contribution in [-0.4, -0.2) is 51.3 Å². The lowest BCUT2D eigenvalue weighted by Crippen LogP contribution is -2.36. The molecule has 3 N–H and O–H groups in total. The van der Waals surface area contributed by atoms with Crippen LogP contribution in [0.15, 0.2) is 26.8 Å². The molecule has 1 aliphatic heterocycles. The van der Waals surface area contributed by atoms with Crippen LogP contribution < -0.4 is 11.2 Å². The summed E-state index contributed by atoms with van der Waals surface area (Å²) in [6.45, 7) is 6.55. The van der Waals surface area contributed by atoms with Gasteiger partial charge in [0.2, 0.25) is 0 Å². The van der Waals surface area contributed by atoms with Gasteiger partial charge in [0.1, 0.15) is 25.0 Å². The number of aliphatic hydroxyl groups excluding tert-OH is 2. The second-order valence-electron chi connectivity index (χ2n) is 3.88. The molecule has 2 rings (SSSR count). The summed E-state index contributed by atoms with van der Waals surface area (Å²) in [7, 11) is 0. The van der Waals surface area contributed by atoms with Gasteiger partial charge in [0.05, 0.1) is 6.61 Å². The Morgan fingerprint density at radius 2 is 2.28 bits per heavy atom. The number of hydrogen-bond donors (Lipinski definition) is 3. The minimum absolute atomic E-state index is 0.457. The van der Waals surface area contributed by atoms with E-state index in [2.05, 4.69) is 4.99 Å². The van der Waals surface area contributed by atoms with Crippen LogP contribution in [-0.2, 0) is 4.74 Å². The normalized spacial score (nSPS) is 31.4. The Hall–Kier alpha value is -1.77. The molecule has 0 aliphatic carbocycles. The van der Waals surface area contributed by atoms with Gasteiger partial charge < -0.3 is 14.9 Å². The number of aromatic amines is 1. The van der Waals surface area contributed by atoms with Gasteiger partial charge in [-0.25, -0.2) is 4.79 Å². The fourth-order valence-electron chi connectivity index (χ4n) is 1.88. The van der Waals surface area contributed by atoms with Crippen molar-refractivity contribution in [2.24, 2.45) is 4.99 Å². The van der Waals surface area contributed by atoms with Crippen molar-refractivity contribution in [3.05, 3.63) is 33.1 Å². The number of ether oxygens (including phenoxy) is 1. The predicted molar refractivity (Wildman–Crippen MR) is 59.5 cm³/mol. The highest BCUT2D eigenvalue weighted by atomic mass is 16.5. The standard InChI is InChI=1S/C10H11N3O5/c1-11-7-8(16)5(4-14)18-9(7)13-3-2-6(15)12-10(13)17/h2-3,5,7-9,14,16H,4H2,(H,12,15,17)/t5-,7-,8-,9-/m1/s1. The van der Waals surface area contributed by atoms with Crippen molar-refractivity contribution in [1.29, 1.82) is 0 Å². The third kappa shape index (κ3) is 2.01. The van der Waals surface area contributed by atoms with Crippen LogP contribution in [0, 0.1) is 0 Å². The first-order valence-electron chi connectivity index (χ1n) is 5.21. The molecule has 0 bridgehead atoms. The lowest BCUT2D eigenvalue weighted by atomic mass is 10.1. The van der Waals surface area contributed by atoms with Gasteiger partial charge in [-0.15, -0.1) is 0 Å². The highest BCUT2D eigenvalue weighted by Crippen LogP contribution is 2.30. The summed E-state index contributed by atoms with van der Waals surface area (Å²) in [4.78, 5) is 27.7. The zero-order valence-corrected chi connectivity index (χ0v) is 9.18. The van der Waals surface area contributed by atoms with Gasteiger partial charge in [-0.2, -0.15) is 0 Å². The molecule has 1 aliphatic rings. The first-order chi connectivity index (χ1) is 8.58. The third-order valence-electron chi connectivity index (χ3n) is 2.79. The van der Waals surface area contributed by atoms with Crippen LogP contribution in [0.5, 0.6) is 0 Å². The first kappa shape index (κ1) is 12.7. The molecule has 1 saturated heterocycles. The number of nitrogens with zero attached hydrogens (tertiary/aromatic N) is 2.